The maximum absolute atomic E-state index is 14.2. The van der Waals surface area contributed by atoms with Gasteiger partial charge >= 0.3 is 0 Å². The topological polar surface area (TPSA) is 30.7 Å². The maximum Gasteiger partial charge on any atom is 0.149 e. The van der Waals surface area contributed by atoms with Crippen LogP contribution < -0.4 is 0 Å². The molecule has 0 aliphatic carbocycles. The molecule has 3 nitrogen and oxygen atoms in total. The van der Waals surface area contributed by atoms with Crippen molar-refractivity contribution in [2.24, 2.45) is 7.05 Å². The summed E-state index contributed by atoms with van der Waals surface area (Å²) < 4.78 is 15.9. The van der Waals surface area contributed by atoms with Crippen LogP contribution in [0.15, 0.2) is 24.4 Å². The van der Waals surface area contributed by atoms with Crippen molar-refractivity contribution >= 4 is 22.5 Å². The molecule has 0 radical (unpaired) electrons. The quantitative estimate of drug-likeness (QED) is 0.594. The lowest BCUT2D eigenvalue weighted by Gasteiger charge is -2.11. The molecule has 5 heteroatoms. The predicted octanol–water partition coefficient (Wildman–Crippen LogP) is 5.32. The fourth-order valence-corrected chi connectivity index (χ4v) is 2.87. The molecule has 3 rings (SSSR count). The van der Waals surface area contributed by atoms with Gasteiger partial charge in [-0.05, 0) is 42.7 Å². The van der Waals surface area contributed by atoms with E-state index in [4.69, 9.17) is 11.6 Å². The summed E-state index contributed by atoms with van der Waals surface area (Å²) in [5.41, 5.74) is 3.67. The average molecular weight is 334 g/mol. The highest BCUT2D eigenvalue weighted by atomic mass is 35.5. The van der Waals surface area contributed by atoms with Crippen LogP contribution in [0.2, 0.25) is 5.15 Å². The third-order valence-electron chi connectivity index (χ3n) is 3.70. The highest BCUT2D eigenvalue weighted by Crippen LogP contribution is 2.34. The fourth-order valence-electron chi connectivity index (χ4n) is 2.55. The van der Waals surface area contributed by atoms with Crippen LogP contribution in [0.4, 0.5) is 4.39 Å². The molecule has 23 heavy (non-hydrogen) atoms. The zero-order valence-electron chi connectivity index (χ0n) is 14.1. The summed E-state index contributed by atoms with van der Waals surface area (Å²) in [4.78, 5) is 4.24. The van der Waals surface area contributed by atoms with E-state index in [0.717, 1.165) is 34.2 Å². The Morgan fingerprint density at radius 3 is 2.52 bits per heavy atom. The molecule has 3 aromatic rings. The van der Waals surface area contributed by atoms with Crippen molar-refractivity contribution in [3.8, 4) is 11.3 Å². The van der Waals surface area contributed by atoms with Gasteiger partial charge in [-0.25, -0.2) is 9.37 Å². The number of halogens is 2. The molecule has 0 unspecified atom stereocenters. The molecule has 0 fully saturated rings. The van der Waals surface area contributed by atoms with Crippen LogP contribution in [0.5, 0.6) is 0 Å². The van der Waals surface area contributed by atoms with E-state index in [-0.39, 0.29) is 11.0 Å². The Labute approximate surface area is 141 Å². The molecule has 0 amide bonds. The number of aryl methyl sites for hydroxylation is 3. The van der Waals surface area contributed by atoms with Gasteiger partial charge in [0.15, 0.2) is 0 Å². The molecule has 0 saturated carbocycles. The van der Waals surface area contributed by atoms with Crippen LogP contribution in [0.3, 0.4) is 0 Å². The van der Waals surface area contributed by atoms with Crippen LogP contribution in [0.1, 0.15) is 31.9 Å². The lowest BCUT2D eigenvalue weighted by atomic mass is 10.00. The number of pyridine rings is 1. The van der Waals surface area contributed by atoms with E-state index in [1.54, 1.807) is 4.68 Å². The summed E-state index contributed by atoms with van der Waals surface area (Å²) in [5, 5.41) is 5.44. The minimum Gasteiger partial charge on any atom is -0.275 e. The first-order valence-corrected chi connectivity index (χ1v) is 8.17. The van der Waals surface area contributed by atoms with Crippen molar-refractivity contribution in [1.82, 2.24) is 14.8 Å². The Kier molecular flexibility index (Phi) is 5.37. The van der Waals surface area contributed by atoms with E-state index in [1.807, 2.05) is 53.1 Å². The van der Waals surface area contributed by atoms with Gasteiger partial charge in [-0.15, -0.1) is 0 Å². The largest absolute Gasteiger partial charge is 0.275 e. The number of hydrogen-bond acceptors (Lipinski definition) is 2. The molecule has 122 valence electrons. The normalized spacial score (nSPS) is 10.6. The molecule has 0 spiro atoms. The van der Waals surface area contributed by atoms with Crippen LogP contribution >= 0.6 is 11.6 Å². The third kappa shape index (κ3) is 3.22. The maximum atomic E-state index is 14.2. The van der Waals surface area contributed by atoms with Gasteiger partial charge in [-0.2, -0.15) is 5.10 Å². The van der Waals surface area contributed by atoms with E-state index in [9.17, 15) is 4.39 Å². The van der Waals surface area contributed by atoms with Gasteiger partial charge < -0.3 is 0 Å². The molecular weight excluding hydrogens is 313 g/mol. The number of nitrogens with zero attached hydrogens (tertiary/aromatic N) is 3. The minimum absolute atomic E-state index is 0.279. The second-order valence-corrected chi connectivity index (χ2v) is 5.46. The zero-order chi connectivity index (χ0) is 17.1. The van der Waals surface area contributed by atoms with Gasteiger partial charge in [0.05, 0.1) is 5.69 Å². The van der Waals surface area contributed by atoms with Gasteiger partial charge in [0, 0.05) is 24.2 Å². The smallest absolute Gasteiger partial charge is 0.149 e. The zero-order valence-corrected chi connectivity index (χ0v) is 14.9. The summed E-state index contributed by atoms with van der Waals surface area (Å²) >= 11 is 6.27. The van der Waals surface area contributed by atoms with Crippen LogP contribution in [0.25, 0.3) is 22.2 Å². The molecule has 0 bridgehead atoms. The summed E-state index contributed by atoms with van der Waals surface area (Å²) in [5.74, 6) is -0.332. The molecule has 2 heterocycles. The molecule has 0 aliphatic heterocycles. The first kappa shape index (κ1) is 17.4. The molecule has 1 aromatic carbocycles. The number of rotatable bonds is 2. The molecule has 0 N–H and O–H groups in total. The van der Waals surface area contributed by atoms with Crippen molar-refractivity contribution in [3.05, 3.63) is 46.5 Å². The van der Waals surface area contributed by atoms with Crippen molar-refractivity contribution in [3.63, 3.8) is 0 Å². The standard InChI is InChI=1S/C16H15ClFN3.C2H6/c1-4-10-7-11-9(2)14(13-5-6-21(3)20-13)16(17)19-15(11)12(18)8-10;1-2/h5-8H,4H2,1-3H3;1-2H3. The van der Waals surface area contributed by atoms with Gasteiger partial charge in [0.1, 0.15) is 16.5 Å². The Hall–Kier alpha value is -1.94. The van der Waals surface area contributed by atoms with Crippen molar-refractivity contribution in [2.45, 2.75) is 34.1 Å². The average Bonchev–Trinajstić information content (AvgIpc) is 2.96. The molecule has 0 atom stereocenters. The molecule has 2 aromatic heterocycles. The molecular formula is C18H21ClFN3. The van der Waals surface area contributed by atoms with E-state index in [1.165, 1.54) is 6.07 Å². The van der Waals surface area contributed by atoms with Gasteiger partial charge in [-0.1, -0.05) is 32.4 Å². The first-order chi connectivity index (χ1) is 11.0. The fraction of sp³-hybridized carbons (Fsp3) is 0.333. The summed E-state index contributed by atoms with van der Waals surface area (Å²) in [6.45, 7) is 7.93. The Morgan fingerprint density at radius 2 is 1.96 bits per heavy atom. The van der Waals surface area contributed by atoms with E-state index >= 15 is 0 Å². The number of fused-ring (bicyclic) bond motifs is 1. The Balaban J connectivity index is 0.000000924. The molecule has 0 saturated heterocycles. The summed E-state index contributed by atoms with van der Waals surface area (Å²) in [6, 6.07) is 5.37. The molecule has 0 aliphatic rings. The van der Waals surface area contributed by atoms with Gasteiger partial charge in [-0.3, -0.25) is 4.68 Å². The van der Waals surface area contributed by atoms with Crippen molar-refractivity contribution < 1.29 is 4.39 Å². The highest BCUT2D eigenvalue weighted by Gasteiger charge is 2.17. The van der Waals surface area contributed by atoms with Gasteiger partial charge in [0.25, 0.3) is 0 Å². The number of hydrogen-bond donors (Lipinski definition) is 0. The number of aromatic nitrogens is 3. The van der Waals surface area contributed by atoms with Crippen LogP contribution in [-0.4, -0.2) is 14.8 Å². The van der Waals surface area contributed by atoms with Crippen LogP contribution in [0, 0.1) is 12.7 Å². The van der Waals surface area contributed by atoms with Crippen molar-refractivity contribution in [2.75, 3.05) is 0 Å². The second kappa shape index (κ2) is 7.09. The summed E-state index contributed by atoms with van der Waals surface area (Å²) in [6.07, 6.45) is 2.62. The highest BCUT2D eigenvalue weighted by molar-refractivity contribution is 6.32. The monoisotopic (exact) mass is 333 g/mol. The second-order valence-electron chi connectivity index (χ2n) is 5.10. The Morgan fingerprint density at radius 1 is 1.26 bits per heavy atom. The lowest BCUT2D eigenvalue weighted by molar-refractivity contribution is 0.635. The Bertz CT molecular complexity index is 840. The number of benzene rings is 1. The SMILES string of the molecule is CC.CCc1cc(F)c2nc(Cl)c(-c3ccn(C)n3)c(C)c2c1. The van der Waals surface area contributed by atoms with Gasteiger partial charge in [0.2, 0.25) is 0 Å². The predicted molar refractivity (Wildman–Crippen MR) is 94.4 cm³/mol. The first-order valence-electron chi connectivity index (χ1n) is 7.79. The minimum atomic E-state index is -0.332. The van der Waals surface area contributed by atoms with Crippen molar-refractivity contribution in [1.29, 1.82) is 0 Å². The van der Waals surface area contributed by atoms with E-state index in [0.29, 0.717) is 5.52 Å². The third-order valence-corrected chi connectivity index (χ3v) is 3.97. The van der Waals surface area contributed by atoms with E-state index in [2.05, 4.69) is 10.1 Å². The lowest BCUT2D eigenvalue weighted by Crippen LogP contribution is -1.97. The van der Waals surface area contributed by atoms with Crippen LogP contribution in [-0.2, 0) is 13.5 Å². The summed E-state index contributed by atoms with van der Waals surface area (Å²) in [7, 11) is 1.84. The van der Waals surface area contributed by atoms with E-state index < -0.39 is 0 Å².